The van der Waals surface area contributed by atoms with Crippen LogP contribution in [0.1, 0.15) is 36.2 Å². The Balaban J connectivity index is 1.58. The molecule has 2 fully saturated rings. The van der Waals surface area contributed by atoms with Crippen LogP contribution in [-0.4, -0.2) is 41.1 Å². The summed E-state index contributed by atoms with van der Waals surface area (Å²) in [6, 6.07) is 6.40. The Morgan fingerprint density at radius 2 is 1.92 bits per heavy atom. The highest BCUT2D eigenvalue weighted by Gasteiger charge is 2.39. The van der Waals surface area contributed by atoms with E-state index < -0.39 is 5.82 Å². The number of amides is 1. The van der Waals surface area contributed by atoms with Gasteiger partial charge in [0.05, 0.1) is 5.56 Å². The number of piperidine rings is 1. The monoisotopic (exact) mass is 344 g/mol. The Morgan fingerprint density at radius 3 is 2.60 bits per heavy atom. The minimum Gasteiger partial charge on any atom is -0.399 e. The first-order valence-electron chi connectivity index (χ1n) is 8.69. The molecule has 2 heterocycles. The molecule has 0 bridgehead atoms. The molecular weight excluding hydrogens is 323 g/mol. The first kappa shape index (κ1) is 16.1. The third kappa shape index (κ3) is 3.24. The Hall–Kier alpha value is -2.41. The SMILES string of the molecule is Nc1ccc(-c2cc(C(=O)N(C3CCNCC3)C3CC3)no2)c(F)c1. The van der Waals surface area contributed by atoms with Crippen molar-refractivity contribution in [3.8, 4) is 11.3 Å². The molecule has 6 nitrogen and oxygen atoms in total. The average Bonchev–Trinajstić information content (AvgIpc) is 3.31. The summed E-state index contributed by atoms with van der Waals surface area (Å²) in [4.78, 5) is 14.9. The van der Waals surface area contributed by atoms with Crippen LogP contribution in [0.15, 0.2) is 28.8 Å². The van der Waals surface area contributed by atoms with Gasteiger partial charge in [-0.25, -0.2) is 4.39 Å². The van der Waals surface area contributed by atoms with Gasteiger partial charge in [0.15, 0.2) is 11.5 Å². The molecule has 25 heavy (non-hydrogen) atoms. The van der Waals surface area contributed by atoms with E-state index in [1.807, 2.05) is 4.90 Å². The highest BCUT2D eigenvalue weighted by molar-refractivity contribution is 5.93. The van der Waals surface area contributed by atoms with Crippen LogP contribution in [-0.2, 0) is 0 Å². The molecule has 7 heteroatoms. The summed E-state index contributed by atoms with van der Waals surface area (Å²) < 4.78 is 19.3. The maximum Gasteiger partial charge on any atom is 0.276 e. The van der Waals surface area contributed by atoms with E-state index in [9.17, 15) is 9.18 Å². The molecule has 1 saturated heterocycles. The summed E-state index contributed by atoms with van der Waals surface area (Å²) in [5.74, 6) is -0.380. The Bertz CT molecular complexity index is 781. The maximum atomic E-state index is 14.1. The highest BCUT2D eigenvalue weighted by Crippen LogP contribution is 2.33. The van der Waals surface area contributed by atoms with Gasteiger partial charge in [-0.15, -0.1) is 0 Å². The Kier molecular flexibility index (Phi) is 4.17. The average molecular weight is 344 g/mol. The van der Waals surface area contributed by atoms with Crippen molar-refractivity contribution in [1.82, 2.24) is 15.4 Å². The molecule has 2 aromatic rings. The number of anilines is 1. The Morgan fingerprint density at radius 1 is 1.20 bits per heavy atom. The van der Waals surface area contributed by atoms with E-state index in [-0.39, 0.29) is 29.0 Å². The van der Waals surface area contributed by atoms with Crippen LogP contribution in [0.4, 0.5) is 10.1 Å². The number of halogens is 1. The standard InChI is InChI=1S/C18H21FN4O2/c19-15-9-11(20)1-4-14(15)17-10-16(22-25-17)18(24)23(12-2-3-12)13-5-7-21-8-6-13/h1,4,9-10,12-13,21H,2-3,5-8,20H2. The minimum atomic E-state index is -0.493. The molecule has 0 atom stereocenters. The number of carbonyl (C=O) groups excluding carboxylic acids is 1. The number of carbonyl (C=O) groups is 1. The normalized spacial score (nSPS) is 18.3. The van der Waals surface area contributed by atoms with E-state index in [2.05, 4.69) is 10.5 Å². The number of aromatic nitrogens is 1. The summed E-state index contributed by atoms with van der Waals surface area (Å²) in [6.07, 6.45) is 3.96. The van der Waals surface area contributed by atoms with E-state index in [0.29, 0.717) is 11.7 Å². The van der Waals surface area contributed by atoms with E-state index in [4.69, 9.17) is 10.3 Å². The number of rotatable bonds is 4. The largest absolute Gasteiger partial charge is 0.399 e. The lowest BCUT2D eigenvalue weighted by Gasteiger charge is -2.34. The van der Waals surface area contributed by atoms with Gasteiger partial charge in [0, 0.05) is 23.8 Å². The molecule has 0 spiro atoms. The third-order valence-corrected chi connectivity index (χ3v) is 4.86. The molecule has 0 radical (unpaired) electrons. The molecule has 1 aromatic carbocycles. The summed E-state index contributed by atoms with van der Waals surface area (Å²) in [5.41, 5.74) is 6.39. The number of nitrogens with zero attached hydrogens (tertiary/aromatic N) is 2. The third-order valence-electron chi connectivity index (χ3n) is 4.86. The van der Waals surface area contributed by atoms with Crippen LogP contribution in [0, 0.1) is 5.82 Å². The summed E-state index contributed by atoms with van der Waals surface area (Å²) >= 11 is 0. The molecule has 1 aliphatic heterocycles. The molecule has 1 aromatic heterocycles. The van der Waals surface area contributed by atoms with Gasteiger partial charge in [0.25, 0.3) is 5.91 Å². The number of benzene rings is 1. The van der Waals surface area contributed by atoms with Crippen LogP contribution in [0.5, 0.6) is 0 Å². The van der Waals surface area contributed by atoms with Crippen molar-refractivity contribution in [2.24, 2.45) is 0 Å². The van der Waals surface area contributed by atoms with Gasteiger partial charge in [-0.3, -0.25) is 4.79 Å². The first-order valence-corrected chi connectivity index (χ1v) is 8.69. The molecule has 132 valence electrons. The van der Waals surface area contributed by atoms with Gasteiger partial charge in [0.1, 0.15) is 5.82 Å². The van der Waals surface area contributed by atoms with Crippen molar-refractivity contribution >= 4 is 11.6 Å². The second-order valence-electron chi connectivity index (χ2n) is 6.74. The lowest BCUT2D eigenvalue weighted by atomic mass is 10.0. The molecule has 1 aliphatic carbocycles. The minimum absolute atomic E-state index is 0.125. The van der Waals surface area contributed by atoms with E-state index in [1.54, 1.807) is 6.07 Å². The van der Waals surface area contributed by atoms with Gasteiger partial charge in [0.2, 0.25) is 0 Å². The summed E-state index contributed by atoms with van der Waals surface area (Å²) in [6.45, 7) is 1.84. The van der Waals surface area contributed by atoms with Gasteiger partial charge in [-0.1, -0.05) is 5.16 Å². The van der Waals surface area contributed by atoms with Crippen molar-refractivity contribution in [3.05, 3.63) is 35.8 Å². The van der Waals surface area contributed by atoms with E-state index in [0.717, 1.165) is 38.8 Å². The molecular formula is C18H21FN4O2. The van der Waals surface area contributed by atoms with Crippen LogP contribution < -0.4 is 11.1 Å². The predicted octanol–water partition coefficient (Wildman–Crippen LogP) is 2.42. The zero-order chi connectivity index (χ0) is 17.4. The smallest absolute Gasteiger partial charge is 0.276 e. The fourth-order valence-corrected chi connectivity index (χ4v) is 3.43. The number of nitrogen functional groups attached to an aromatic ring is 1. The highest BCUT2D eigenvalue weighted by atomic mass is 19.1. The first-order chi connectivity index (χ1) is 12.1. The number of hydrogen-bond donors (Lipinski definition) is 2. The fourth-order valence-electron chi connectivity index (χ4n) is 3.43. The van der Waals surface area contributed by atoms with E-state index in [1.165, 1.54) is 18.2 Å². The van der Waals surface area contributed by atoms with Crippen molar-refractivity contribution in [1.29, 1.82) is 0 Å². The number of hydrogen-bond acceptors (Lipinski definition) is 5. The molecule has 2 aliphatic rings. The number of nitrogens with one attached hydrogen (secondary N) is 1. The van der Waals surface area contributed by atoms with E-state index >= 15 is 0 Å². The van der Waals surface area contributed by atoms with Crippen LogP contribution >= 0.6 is 0 Å². The van der Waals surface area contributed by atoms with Gasteiger partial charge in [-0.05, 0) is 57.0 Å². The number of nitrogens with two attached hydrogens (primary N) is 1. The summed E-state index contributed by atoms with van der Waals surface area (Å²) in [5, 5.41) is 7.22. The van der Waals surface area contributed by atoms with Crippen LogP contribution in [0.25, 0.3) is 11.3 Å². The second kappa shape index (κ2) is 6.48. The lowest BCUT2D eigenvalue weighted by molar-refractivity contribution is 0.0612. The van der Waals surface area contributed by atoms with Crippen molar-refractivity contribution in [2.75, 3.05) is 18.8 Å². The Labute approximate surface area is 145 Å². The lowest BCUT2D eigenvalue weighted by Crippen LogP contribution is -2.47. The van der Waals surface area contributed by atoms with Crippen molar-refractivity contribution < 1.29 is 13.7 Å². The molecule has 3 N–H and O–H groups in total. The van der Waals surface area contributed by atoms with Gasteiger partial charge in [-0.2, -0.15) is 0 Å². The molecule has 1 amide bonds. The predicted molar refractivity (Wildman–Crippen MR) is 91.4 cm³/mol. The van der Waals surface area contributed by atoms with Gasteiger partial charge >= 0.3 is 0 Å². The zero-order valence-electron chi connectivity index (χ0n) is 13.9. The maximum absolute atomic E-state index is 14.1. The summed E-state index contributed by atoms with van der Waals surface area (Å²) in [7, 11) is 0. The molecule has 0 unspecified atom stereocenters. The van der Waals surface area contributed by atoms with Crippen molar-refractivity contribution in [2.45, 2.75) is 37.8 Å². The molecule has 1 saturated carbocycles. The van der Waals surface area contributed by atoms with Crippen LogP contribution in [0.2, 0.25) is 0 Å². The topological polar surface area (TPSA) is 84.4 Å². The van der Waals surface area contributed by atoms with Crippen molar-refractivity contribution in [3.63, 3.8) is 0 Å². The quantitative estimate of drug-likeness (QED) is 0.832. The second-order valence-corrected chi connectivity index (χ2v) is 6.74. The fraction of sp³-hybridized carbons (Fsp3) is 0.444. The van der Waals surface area contributed by atoms with Gasteiger partial charge < -0.3 is 20.5 Å². The van der Waals surface area contributed by atoms with Crippen LogP contribution in [0.3, 0.4) is 0 Å². The zero-order valence-corrected chi connectivity index (χ0v) is 13.9. The molecule has 4 rings (SSSR count).